The van der Waals surface area contributed by atoms with Crippen molar-refractivity contribution in [2.24, 2.45) is 4.99 Å². The summed E-state index contributed by atoms with van der Waals surface area (Å²) in [5, 5.41) is 7.10. The number of halogens is 1. The van der Waals surface area contributed by atoms with E-state index >= 15 is 0 Å². The Balaban J connectivity index is 0.00000341. The summed E-state index contributed by atoms with van der Waals surface area (Å²) >= 11 is 0. The average Bonchev–Trinajstić information content (AvgIpc) is 3.31. The van der Waals surface area contributed by atoms with Gasteiger partial charge in [0.1, 0.15) is 11.5 Å². The molecule has 0 atom stereocenters. The molecule has 0 aliphatic carbocycles. The predicted molar refractivity (Wildman–Crippen MR) is 134 cm³/mol. The third-order valence-corrected chi connectivity index (χ3v) is 5.36. The highest BCUT2D eigenvalue weighted by molar-refractivity contribution is 14.0. The van der Waals surface area contributed by atoms with Crippen LogP contribution in [-0.4, -0.2) is 63.9 Å². The summed E-state index contributed by atoms with van der Waals surface area (Å²) < 4.78 is 15.9. The van der Waals surface area contributed by atoms with E-state index in [9.17, 15) is 0 Å². The predicted octanol–water partition coefficient (Wildman–Crippen LogP) is 3.29. The lowest BCUT2D eigenvalue weighted by atomic mass is 10.1. The fourth-order valence-corrected chi connectivity index (χ4v) is 3.53. The molecule has 2 N–H and O–H groups in total. The van der Waals surface area contributed by atoms with Gasteiger partial charge in [-0.05, 0) is 42.7 Å². The molecule has 2 aromatic rings. The van der Waals surface area contributed by atoms with Crippen molar-refractivity contribution in [3.8, 4) is 5.75 Å². The van der Waals surface area contributed by atoms with Crippen molar-refractivity contribution in [2.75, 3.05) is 47.0 Å². The van der Waals surface area contributed by atoms with E-state index in [0.29, 0.717) is 12.6 Å². The first-order valence-electron chi connectivity index (χ1n) is 10.7. The average molecular weight is 542 g/mol. The van der Waals surface area contributed by atoms with Crippen LogP contribution in [0.3, 0.4) is 0 Å². The molecule has 8 heteroatoms. The second kappa shape index (κ2) is 14.3. The number of guanidine groups is 1. The van der Waals surface area contributed by atoms with E-state index in [-0.39, 0.29) is 24.0 Å². The van der Waals surface area contributed by atoms with Crippen LogP contribution in [0.5, 0.6) is 5.75 Å². The standard InChI is InChI=1S/C23H34N4O3.HI/c1-28-17-15-27-13-10-20(11-14-27)26-23(24-12-9-22-4-3-16-30-22)25-18-19-5-7-21(29-2)8-6-19;/h3-8,16,20H,9-15,17-18H2,1-2H3,(H2,24,25,26);1H. The number of benzene rings is 1. The van der Waals surface area contributed by atoms with Crippen LogP contribution in [0.4, 0.5) is 0 Å². The first-order valence-corrected chi connectivity index (χ1v) is 10.7. The van der Waals surface area contributed by atoms with Crippen LogP contribution < -0.4 is 15.4 Å². The van der Waals surface area contributed by atoms with Crippen molar-refractivity contribution in [3.63, 3.8) is 0 Å². The normalized spacial score (nSPS) is 15.4. The number of furan rings is 1. The molecule has 31 heavy (non-hydrogen) atoms. The minimum absolute atomic E-state index is 0. The largest absolute Gasteiger partial charge is 0.497 e. The number of rotatable bonds is 10. The summed E-state index contributed by atoms with van der Waals surface area (Å²) in [4.78, 5) is 7.28. The van der Waals surface area contributed by atoms with Crippen molar-refractivity contribution in [1.29, 1.82) is 0 Å². The number of ether oxygens (including phenoxy) is 2. The maximum absolute atomic E-state index is 5.43. The molecule has 1 saturated heterocycles. The molecule has 2 heterocycles. The second-order valence-electron chi connectivity index (χ2n) is 7.52. The molecule has 1 aliphatic heterocycles. The Morgan fingerprint density at radius 1 is 1.16 bits per heavy atom. The zero-order chi connectivity index (χ0) is 21.0. The van der Waals surface area contributed by atoms with Gasteiger partial charge in [0, 0.05) is 45.8 Å². The van der Waals surface area contributed by atoms with Crippen LogP contribution in [0.2, 0.25) is 0 Å². The molecular formula is C23H35IN4O3. The minimum Gasteiger partial charge on any atom is -0.497 e. The number of nitrogens with zero attached hydrogens (tertiary/aromatic N) is 2. The Hall–Kier alpha value is -1.78. The number of nitrogens with one attached hydrogen (secondary N) is 2. The number of likely N-dealkylation sites (tertiary alicyclic amines) is 1. The lowest BCUT2D eigenvalue weighted by Gasteiger charge is -2.33. The molecule has 0 radical (unpaired) electrons. The van der Waals surface area contributed by atoms with Crippen LogP contribution in [-0.2, 0) is 17.7 Å². The third-order valence-electron chi connectivity index (χ3n) is 5.36. The van der Waals surface area contributed by atoms with Gasteiger partial charge in [-0.1, -0.05) is 12.1 Å². The van der Waals surface area contributed by atoms with Gasteiger partial charge in [0.05, 0.1) is 26.5 Å². The van der Waals surface area contributed by atoms with E-state index < -0.39 is 0 Å². The molecule has 0 spiro atoms. The van der Waals surface area contributed by atoms with Gasteiger partial charge >= 0.3 is 0 Å². The van der Waals surface area contributed by atoms with Crippen LogP contribution in [0, 0.1) is 0 Å². The van der Waals surface area contributed by atoms with Crippen molar-refractivity contribution in [2.45, 2.75) is 31.8 Å². The molecule has 3 rings (SSSR count). The van der Waals surface area contributed by atoms with E-state index in [2.05, 4.69) is 27.7 Å². The van der Waals surface area contributed by atoms with Gasteiger partial charge < -0.3 is 29.4 Å². The molecule has 172 valence electrons. The third kappa shape index (κ3) is 9.08. The number of hydrogen-bond donors (Lipinski definition) is 2. The van der Waals surface area contributed by atoms with Crippen LogP contribution >= 0.6 is 24.0 Å². The van der Waals surface area contributed by atoms with Gasteiger partial charge in [-0.15, -0.1) is 24.0 Å². The lowest BCUT2D eigenvalue weighted by molar-refractivity contribution is 0.128. The van der Waals surface area contributed by atoms with Crippen molar-refractivity contribution in [3.05, 3.63) is 54.0 Å². The summed E-state index contributed by atoms with van der Waals surface area (Å²) in [5.74, 6) is 2.69. The Morgan fingerprint density at radius 2 is 1.94 bits per heavy atom. The molecule has 7 nitrogen and oxygen atoms in total. The van der Waals surface area contributed by atoms with Gasteiger partial charge in [-0.25, -0.2) is 4.99 Å². The van der Waals surface area contributed by atoms with E-state index in [0.717, 1.165) is 75.1 Å². The molecular weight excluding hydrogens is 507 g/mol. The van der Waals surface area contributed by atoms with Gasteiger partial charge in [-0.3, -0.25) is 0 Å². The second-order valence-corrected chi connectivity index (χ2v) is 7.52. The maximum atomic E-state index is 5.43. The Morgan fingerprint density at radius 3 is 2.58 bits per heavy atom. The van der Waals surface area contributed by atoms with Crippen LogP contribution in [0.15, 0.2) is 52.1 Å². The van der Waals surface area contributed by atoms with Gasteiger partial charge in [0.2, 0.25) is 0 Å². The first kappa shape index (κ1) is 25.5. The monoisotopic (exact) mass is 542 g/mol. The van der Waals surface area contributed by atoms with Crippen molar-refractivity contribution >= 4 is 29.9 Å². The molecule has 1 aromatic carbocycles. The number of hydrogen-bond acceptors (Lipinski definition) is 5. The highest BCUT2D eigenvalue weighted by Gasteiger charge is 2.19. The summed E-state index contributed by atoms with van der Waals surface area (Å²) in [5.41, 5.74) is 1.15. The lowest BCUT2D eigenvalue weighted by Crippen LogP contribution is -2.49. The summed E-state index contributed by atoms with van der Waals surface area (Å²) in [6.07, 6.45) is 4.74. The number of piperidine rings is 1. The quantitative estimate of drug-likeness (QED) is 0.273. The fourth-order valence-electron chi connectivity index (χ4n) is 3.53. The number of aliphatic imine (C=N–C) groups is 1. The highest BCUT2D eigenvalue weighted by Crippen LogP contribution is 2.13. The smallest absolute Gasteiger partial charge is 0.191 e. The van der Waals surface area contributed by atoms with Gasteiger partial charge in [0.15, 0.2) is 5.96 Å². The summed E-state index contributed by atoms with van der Waals surface area (Å²) in [6, 6.07) is 12.4. The molecule has 0 unspecified atom stereocenters. The van der Waals surface area contributed by atoms with Crippen molar-refractivity contribution in [1.82, 2.24) is 15.5 Å². The zero-order valence-corrected chi connectivity index (χ0v) is 20.8. The summed E-state index contributed by atoms with van der Waals surface area (Å²) in [6.45, 7) is 5.35. The highest BCUT2D eigenvalue weighted by atomic mass is 127. The van der Waals surface area contributed by atoms with E-state index in [1.165, 1.54) is 0 Å². The first-order chi connectivity index (χ1) is 14.8. The molecule has 0 bridgehead atoms. The van der Waals surface area contributed by atoms with E-state index in [1.54, 1.807) is 20.5 Å². The topological polar surface area (TPSA) is 71.3 Å². The van der Waals surface area contributed by atoms with Gasteiger partial charge in [0.25, 0.3) is 0 Å². The Labute approximate surface area is 202 Å². The fraction of sp³-hybridized carbons (Fsp3) is 0.522. The molecule has 1 aromatic heterocycles. The van der Waals surface area contributed by atoms with Crippen LogP contribution in [0.1, 0.15) is 24.2 Å². The molecule has 1 aliphatic rings. The van der Waals surface area contributed by atoms with E-state index in [1.807, 2.05) is 24.3 Å². The maximum Gasteiger partial charge on any atom is 0.191 e. The molecule has 1 fully saturated rings. The summed E-state index contributed by atoms with van der Waals surface area (Å²) in [7, 11) is 3.44. The van der Waals surface area contributed by atoms with E-state index in [4.69, 9.17) is 18.9 Å². The molecule has 0 saturated carbocycles. The molecule has 0 amide bonds. The Kier molecular flexibility index (Phi) is 11.8. The zero-order valence-electron chi connectivity index (χ0n) is 18.5. The number of methoxy groups -OCH3 is 2. The van der Waals surface area contributed by atoms with Crippen LogP contribution in [0.25, 0.3) is 0 Å². The van der Waals surface area contributed by atoms with Crippen molar-refractivity contribution < 1.29 is 13.9 Å². The minimum atomic E-state index is 0. The SMILES string of the molecule is COCCN1CCC(NC(=NCc2ccc(OC)cc2)NCCc2ccco2)CC1.I. The van der Waals surface area contributed by atoms with Gasteiger partial charge in [-0.2, -0.15) is 0 Å². The Bertz CT molecular complexity index is 745.